The summed E-state index contributed by atoms with van der Waals surface area (Å²) in [7, 11) is -3.99. The van der Waals surface area contributed by atoms with Crippen molar-refractivity contribution in [2.24, 2.45) is 0 Å². The second-order valence-electron chi connectivity index (χ2n) is 8.37. The average molecular weight is 523 g/mol. The van der Waals surface area contributed by atoms with E-state index in [1.165, 1.54) is 12.3 Å². The molecule has 1 fully saturated rings. The quantitative estimate of drug-likeness (QED) is 0.493. The second kappa shape index (κ2) is 9.94. The van der Waals surface area contributed by atoms with Gasteiger partial charge in [0.15, 0.2) is 0 Å². The highest BCUT2D eigenvalue weighted by molar-refractivity contribution is 7.89. The fourth-order valence-corrected chi connectivity index (χ4v) is 5.68. The molecule has 2 aromatic heterocycles. The number of carbonyl (C=O) groups excluding carboxylic acids is 1. The van der Waals surface area contributed by atoms with E-state index in [1.54, 1.807) is 13.0 Å². The number of alkyl halides is 3. The molecule has 0 saturated carbocycles. The van der Waals surface area contributed by atoms with Crippen molar-refractivity contribution in [3.63, 3.8) is 0 Å². The van der Waals surface area contributed by atoms with E-state index in [0.29, 0.717) is 35.2 Å². The van der Waals surface area contributed by atoms with Crippen molar-refractivity contribution >= 4 is 15.9 Å². The van der Waals surface area contributed by atoms with Gasteiger partial charge in [0.05, 0.1) is 17.1 Å². The predicted molar refractivity (Wildman–Crippen MR) is 122 cm³/mol. The number of nitrogens with zero attached hydrogens (tertiary/aromatic N) is 3. The van der Waals surface area contributed by atoms with Gasteiger partial charge in [-0.3, -0.25) is 14.8 Å². The molecule has 1 unspecified atom stereocenters. The Morgan fingerprint density at radius 2 is 1.83 bits per heavy atom. The Morgan fingerprint density at radius 1 is 1.11 bits per heavy atom. The van der Waals surface area contributed by atoms with Crippen LogP contribution in [0.15, 0.2) is 59.8 Å². The summed E-state index contributed by atoms with van der Waals surface area (Å²) in [6, 6.07) is 7.34. The topological polar surface area (TPSA) is 92.3 Å². The van der Waals surface area contributed by atoms with E-state index in [9.17, 15) is 30.8 Å². The van der Waals surface area contributed by atoms with Gasteiger partial charge in [-0.2, -0.15) is 17.5 Å². The van der Waals surface area contributed by atoms with Crippen LogP contribution in [0.3, 0.4) is 0 Å². The molecule has 1 saturated heterocycles. The van der Waals surface area contributed by atoms with Crippen LogP contribution < -0.4 is 5.32 Å². The Hall–Kier alpha value is -3.38. The van der Waals surface area contributed by atoms with Crippen LogP contribution in [0, 0.1) is 12.7 Å². The summed E-state index contributed by atoms with van der Waals surface area (Å²) < 4.78 is 78.8. The lowest BCUT2D eigenvalue weighted by atomic mass is 10.0. The molecule has 0 radical (unpaired) electrons. The number of rotatable bonds is 6. The summed E-state index contributed by atoms with van der Waals surface area (Å²) in [5.41, 5.74) is 1.22. The van der Waals surface area contributed by atoms with Crippen LogP contribution in [0.25, 0.3) is 11.1 Å². The van der Waals surface area contributed by atoms with Crippen molar-refractivity contribution < 1.29 is 30.8 Å². The van der Waals surface area contributed by atoms with Crippen molar-refractivity contribution in [2.45, 2.75) is 43.4 Å². The molecule has 1 aromatic carbocycles. The molecule has 0 spiro atoms. The van der Waals surface area contributed by atoms with E-state index in [1.807, 2.05) is 0 Å². The third-order valence-electron chi connectivity index (χ3n) is 5.90. The number of carbonyl (C=O) groups is 1. The molecule has 3 aromatic rings. The van der Waals surface area contributed by atoms with Crippen molar-refractivity contribution in [3.8, 4) is 11.1 Å². The van der Waals surface area contributed by atoms with Crippen molar-refractivity contribution in [3.05, 3.63) is 77.6 Å². The number of halogens is 4. The number of hydrogen-bond donors (Lipinski definition) is 1. The summed E-state index contributed by atoms with van der Waals surface area (Å²) in [5, 5.41) is 2.70. The summed E-state index contributed by atoms with van der Waals surface area (Å²) >= 11 is 0. The minimum atomic E-state index is -4.54. The van der Waals surface area contributed by atoms with Crippen LogP contribution in [0.1, 0.15) is 29.8 Å². The summed E-state index contributed by atoms with van der Waals surface area (Å²) in [5.74, 6) is -1.07. The maximum Gasteiger partial charge on any atom is 0.433 e. The average Bonchev–Trinajstić information content (AvgIpc) is 3.34. The molecular weight excluding hydrogens is 500 g/mol. The van der Waals surface area contributed by atoms with Crippen LogP contribution in [0.5, 0.6) is 0 Å². The van der Waals surface area contributed by atoms with Crippen molar-refractivity contribution in [2.75, 3.05) is 6.54 Å². The number of benzene rings is 1. The van der Waals surface area contributed by atoms with E-state index in [2.05, 4.69) is 15.3 Å². The number of sulfonamides is 1. The number of amides is 1. The fourth-order valence-electron chi connectivity index (χ4n) is 4.02. The Bertz CT molecular complexity index is 1360. The predicted octanol–water partition coefficient (Wildman–Crippen LogP) is 4.08. The summed E-state index contributed by atoms with van der Waals surface area (Å²) in [6.07, 6.45) is -1.05. The van der Waals surface area contributed by atoms with E-state index < -0.39 is 39.7 Å². The zero-order chi connectivity index (χ0) is 26.1. The molecule has 190 valence electrons. The Morgan fingerprint density at radius 3 is 2.47 bits per heavy atom. The lowest BCUT2D eigenvalue weighted by Gasteiger charge is -2.23. The normalized spacial score (nSPS) is 16.8. The van der Waals surface area contributed by atoms with Gasteiger partial charge in [0.2, 0.25) is 15.9 Å². The van der Waals surface area contributed by atoms with E-state index >= 15 is 0 Å². The van der Waals surface area contributed by atoms with E-state index in [-0.39, 0.29) is 18.0 Å². The molecule has 0 aliphatic carbocycles. The zero-order valence-corrected chi connectivity index (χ0v) is 19.9. The Balaban J connectivity index is 1.47. The van der Waals surface area contributed by atoms with Gasteiger partial charge < -0.3 is 5.32 Å². The fraction of sp³-hybridized carbons (Fsp3) is 0.292. The summed E-state index contributed by atoms with van der Waals surface area (Å²) in [6.45, 7) is 1.89. The maximum absolute atomic E-state index is 13.2. The minimum absolute atomic E-state index is 0.0128. The Kier molecular flexibility index (Phi) is 7.10. The Labute approximate surface area is 205 Å². The van der Waals surface area contributed by atoms with Gasteiger partial charge in [-0.05, 0) is 67.3 Å². The standard InChI is InChI=1S/C24H22F4N4O3S/c1-15-12-29-18(11-20(15)16-4-9-22(30-13-16)24(26,27)28)14-31-23(33)21-3-2-10-32(21)36(34,35)19-7-5-17(25)6-8-19/h4-9,11-13,21H,2-3,10,14H2,1H3,(H,31,33). The minimum Gasteiger partial charge on any atom is -0.349 e. The lowest BCUT2D eigenvalue weighted by molar-refractivity contribution is -0.141. The molecule has 7 nitrogen and oxygen atoms in total. The van der Waals surface area contributed by atoms with Crippen LogP contribution in [0.2, 0.25) is 0 Å². The molecule has 1 aliphatic heterocycles. The highest BCUT2D eigenvalue weighted by Crippen LogP contribution is 2.30. The largest absolute Gasteiger partial charge is 0.433 e. The first-order valence-corrected chi connectivity index (χ1v) is 12.4. The van der Waals surface area contributed by atoms with Gasteiger partial charge >= 0.3 is 6.18 Å². The molecule has 12 heteroatoms. The molecule has 4 rings (SSSR count). The van der Waals surface area contributed by atoms with E-state index in [4.69, 9.17) is 0 Å². The van der Waals surface area contributed by atoms with E-state index in [0.717, 1.165) is 40.8 Å². The van der Waals surface area contributed by atoms with Crippen LogP contribution in [-0.2, 0) is 27.5 Å². The van der Waals surface area contributed by atoms with Crippen molar-refractivity contribution in [1.82, 2.24) is 19.6 Å². The van der Waals surface area contributed by atoms with Crippen molar-refractivity contribution in [1.29, 1.82) is 0 Å². The second-order valence-corrected chi connectivity index (χ2v) is 10.3. The van der Waals surface area contributed by atoms with Crippen LogP contribution in [-0.4, -0.2) is 41.2 Å². The number of pyridine rings is 2. The molecule has 1 aliphatic rings. The smallest absolute Gasteiger partial charge is 0.349 e. The van der Waals surface area contributed by atoms with Crippen LogP contribution >= 0.6 is 0 Å². The molecule has 1 atom stereocenters. The van der Waals surface area contributed by atoms with Gasteiger partial charge in [-0.1, -0.05) is 6.07 Å². The third kappa shape index (κ3) is 5.39. The third-order valence-corrected chi connectivity index (χ3v) is 7.82. The highest BCUT2D eigenvalue weighted by atomic mass is 32.2. The van der Waals surface area contributed by atoms with Crippen LogP contribution in [0.4, 0.5) is 17.6 Å². The number of hydrogen-bond acceptors (Lipinski definition) is 5. The molecule has 1 amide bonds. The molecule has 1 N–H and O–H groups in total. The molecule has 0 bridgehead atoms. The van der Waals surface area contributed by atoms with Gasteiger partial charge in [0.1, 0.15) is 17.6 Å². The first-order valence-electron chi connectivity index (χ1n) is 11.0. The molecule has 3 heterocycles. The van der Waals surface area contributed by atoms with Gasteiger partial charge in [-0.25, -0.2) is 12.8 Å². The lowest BCUT2D eigenvalue weighted by Crippen LogP contribution is -2.45. The van der Waals surface area contributed by atoms with Gasteiger partial charge in [0, 0.05) is 24.5 Å². The first kappa shape index (κ1) is 25.7. The number of aryl methyl sites for hydroxylation is 1. The number of aromatic nitrogens is 2. The maximum atomic E-state index is 13.2. The highest BCUT2D eigenvalue weighted by Gasteiger charge is 2.39. The molecule has 36 heavy (non-hydrogen) atoms. The van der Waals surface area contributed by atoms with Gasteiger partial charge in [0.25, 0.3) is 0 Å². The zero-order valence-electron chi connectivity index (χ0n) is 19.1. The number of nitrogens with one attached hydrogen (secondary N) is 1. The SMILES string of the molecule is Cc1cnc(CNC(=O)C2CCCN2S(=O)(=O)c2ccc(F)cc2)cc1-c1ccc(C(F)(F)F)nc1. The molecular formula is C24H22F4N4O3S. The summed E-state index contributed by atoms with van der Waals surface area (Å²) in [4.78, 5) is 20.5. The monoisotopic (exact) mass is 522 g/mol. The first-order chi connectivity index (χ1) is 17.0. The van der Waals surface area contributed by atoms with Gasteiger partial charge in [-0.15, -0.1) is 0 Å².